The van der Waals surface area contributed by atoms with Gasteiger partial charge in [0.05, 0.1) is 0 Å². The molecule has 0 saturated heterocycles. The second-order valence-electron chi connectivity index (χ2n) is 5.85. The Morgan fingerprint density at radius 2 is 1.23 bits per heavy atom. The van der Waals surface area contributed by atoms with E-state index in [2.05, 4.69) is 38.1 Å². The summed E-state index contributed by atoms with van der Waals surface area (Å²) in [4.78, 5) is 0. The van der Waals surface area contributed by atoms with Crippen molar-refractivity contribution in [2.75, 3.05) is 0 Å². The molecule has 22 heavy (non-hydrogen) atoms. The van der Waals surface area contributed by atoms with Crippen molar-refractivity contribution in [3.8, 4) is 28.0 Å². The van der Waals surface area contributed by atoms with Crippen LogP contribution in [0.1, 0.15) is 25.3 Å². The Morgan fingerprint density at radius 3 is 1.77 bits per heavy atom. The van der Waals surface area contributed by atoms with Crippen molar-refractivity contribution >= 4 is 0 Å². The van der Waals surface area contributed by atoms with Crippen LogP contribution in [-0.2, 0) is 0 Å². The smallest absolute Gasteiger partial charge is 0.126 e. The molecule has 0 radical (unpaired) electrons. The third kappa shape index (κ3) is 2.75. The second kappa shape index (κ2) is 6.07. The predicted molar refractivity (Wildman–Crippen MR) is 93.1 cm³/mol. The van der Waals surface area contributed by atoms with Crippen molar-refractivity contribution in [2.45, 2.75) is 19.8 Å². The van der Waals surface area contributed by atoms with Gasteiger partial charge in [0.15, 0.2) is 0 Å². The first kappa shape index (κ1) is 14.4. The van der Waals surface area contributed by atoms with Gasteiger partial charge >= 0.3 is 0 Å². The van der Waals surface area contributed by atoms with E-state index >= 15 is 0 Å². The third-order valence-electron chi connectivity index (χ3n) is 3.95. The Labute approximate surface area is 131 Å². The molecule has 0 aromatic heterocycles. The maximum Gasteiger partial charge on any atom is 0.126 e. The SMILES string of the molecule is CC(C)c1cc(-c2ccccc2)cc(-c2ccccc2)c1O. The van der Waals surface area contributed by atoms with E-state index in [1.807, 2.05) is 48.5 Å². The lowest BCUT2D eigenvalue weighted by molar-refractivity contribution is 0.467. The summed E-state index contributed by atoms with van der Waals surface area (Å²) < 4.78 is 0. The van der Waals surface area contributed by atoms with Crippen LogP contribution in [0.5, 0.6) is 5.75 Å². The van der Waals surface area contributed by atoms with E-state index in [-0.39, 0.29) is 5.92 Å². The fraction of sp³-hybridized carbons (Fsp3) is 0.143. The summed E-state index contributed by atoms with van der Waals surface area (Å²) in [5.41, 5.74) is 5.23. The van der Waals surface area contributed by atoms with Crippen molar-refractivity contribution in [3.63, 3.8) is 0 Å². The fourth-order valence-electron chi connectivity index (χ4n) is 2.73. The molecule has 0 spiro atoms. The van der Waals surface area contributed by atoms with Crippen molar-refractivity contribution in [1.29, 1.82) is 0 Å². The highest BCUT2D eigenvalue weighted by molar-refractivity contribution is 5.79. The Morgan fingerprint density at radius 1 is 0.682 bits per heavy atom. The van der Waals surface area contributed by atoms with Gasteiger partial charge in [0.2, 0.25) is 0 Å². The van der Waals surface area contributed by atoms with E-state index in [0.717, 1.165) is 22.3 Å². The molecule has 1 nitrogen and oxygen atoms in total. The van der Waals surface area contributed by atoms with Crippen LogP contribution in [0, 0.1) is 0 Å². The van der Waals surface area contributed by atoms with E-state index in [1.54, 1.807) is 0 Å². The molecule has 0 aliphatic rings. The standard InChI is InChI=1S/C21H20O/c1-15(2)19-13-18(16-9-5-3-6-10-16)14-20(21(19)22)17-11-7-4-8-12-17/h3-15,22H,1-2H3. The van der Waals surface area contributed by atoms with Gasteiger partial charge in [0.1, 0.15) is 5.75 Å². The minimum absolute atomic E-state index is 0.270. The van der Waals surface area contributed by atoms with E-state index in [0.29, 0.717) is 5.75 Å². The lowest BCUT2D eigenvalue weighted by Crippen LogP contribution is -1.93. The molecule has 0 heterocycles. The summed E-state index contributed by atoms with van der Waals surface area (Å²) in [6, 6.07) is 24.5. The molecule has 0 saturated carbocycles. The van der Waals surface area contributed by atoms with Crippen LogP contribution >= 0.6 is 0 Å². The number of hydrogen-bond donors (Lipinski definition) is 1. The summed E-state index contributed by atoms with van der Waals surface area (Å²) in [6.45, 7) is 4.22. The minimum atomic E-state index is 0.270. The number of phenolic OH excluding ortho intramolecular Hbond substituents is 1. The van der Waals surface area contributed by atoms with Crippen molar-refractivity contribution < 1.29 is 5.11 Å². The van der Waals surface area contributed by atoms with Gasteiger partial charge in [-0.1, -0.05) is 74.5 Å². The average molecular weight is 288 g/mol. The molecule has 0 atom stereocenters. The highest BCUT2D eigenvalue weighted by Crippen LogP contribution is 2.39. The van der Waals surface area contributed by atoms with Crippen LogP contribution in [0.3, 0.4) is 0 Å². The maximum absolute atomic E-state index is 10.7. The molecule has 0 amide bonds. The molecule has 110 valence electrons. The van der Waals surface area contributed by atoms with Crippen LogP contribution in [0.4, 0.5) is 0 Å². The molecule has 3 rings (SSSR count). The predicted octanol–water partition coefficient (Wildman–Crippen LogP) is 5.85. The van der Waals surface area contributed by atoms with Gasteiger partial charge in [-0.15, -0.1) is 0 Å². The summed E-state index contributed by atoms with van der Waals surface area (Å²) in [7, 11) is 0. The minimum Gasteiger partial charge on any atom is -0.507 e. The largest absolute Gasteiger partial charge is 0.507 e. The van der Waals surface area contributed by atoms with Crippen molar-refractivity contribution in [3.05, 3.63) is 78.4 Å². The van der Waals surface area contributed by atoms with E-state index < -0.39 is 0 Å². The maximum atomic E-state index is 10.7. The molecule has 1 heteroatoms. The Hall–Kier alpha value is -2.54. The number of aromatic hydroxyl groups is 1. The number of phenols is 1. The van der Waals surface area contributed by atoms with E-state index in [9.17, 15) is 5.11 Å². The Bertz CT molecular complexity index is 759. The van der Waals surface area contributed by atoms with Gasteiger partial charge in [-0.25, -0.2) is 0 Å². The molecule has 0 fully saturated rings. The van der Waals surface area contributed by atoms with Crippen LogP contribution in [0.2, 0.25) is 0 Å². The number of hydrogen-bond acceptors (Lipinski definition) is 1. The first-order valence-corrected chi connectivity index (χ1v) is 7.64. The molecule has 0 unspecified atom stereocenters. The zero-order valence-corrected chi connectivity index (χ0v) is 13.0. The molecule has 0 aliphatic heterocycles. The monoisotopic (exact) mass is 288 g/mol. The average Bonchev–Trinajstić information content (AvgIpc) is 2.56. The molecule has 0 aliphatic carbocycles. The Kier molecular flexibility index (Phi) is 3.97. The second-order valence-corrected chi connectivity index (χ2v) is 5.85. The molecule has 0 bridgehead atoms. The van der Waals surface area contributed by atoms with Crippen LogP contribution in [0.15, 0.2) is 72.8 Å². The van der Waals surface area contributed by atoms with Crippen LogP contribution in [-0.4, -0.2) is 5.11 Å². The number of rotatable bonds is 3. The summed E-state index contributed by atoms with van der Waals surface area (Å²) in [5.74, 6) is 0.659. The van der Waals surface area contributed by atoms with Gasteiger partial charge < -0.3 is 5.11 Å². The molecular weight excluding hydrogens is 268 g/mol. The van der Waals surface area contributed by atoms with Crippen LogP contribution < -0.4 is 0 Å². The van der Waals surface area contributed by atoms with Crippen molar-refractivity contribution in [2.24, 2.45) is 0 Å². The third-order valence-corrected chi connectivity index (χ3v) is 3.95. The molecule has 1 N–H and O–H groups in total. The zero-order valence-electron chi connectivity index (χ0n) is 13.0. The normalized spacial score (nSPS) is 10.9. The highest BCUT2D eigenvalue weighted by atomic mass is 16.3. The topological polar surface area (TPSA) is 20.2 Å². The fourth-order valence-corrected chi connectivity index (χ4v) is 2.73. The lowest BCUT2D eigenvalue weighted by Gasteiger charge is -2.16. The number of benzene rings is 3. The van der Waals surface area contributed by atoms with Crippen molar-refractivity contribution in [1.82, 2.24) is 0 Å². The molecular formula is C21H20O. The van der Waals surface area contributed by atoms with Gasteiger partial charge in [-0.2, -0.15) is 0 Å². The Balaban J connectivity index is 2.24. The zero-order chi connectivity index (χ0) is 15.5. The lowest BCUT2D eigenvalue weighted by atomic mass is 9.91. The first-order valence-electron chi connectivity index (χ1n) is 7.64. The summed E-state index contributed by atoms with van der Waals surface area (Å²) in [5, 5.41) is 10.7. The first-order chi connectivity index (χ1) is 10.7. The van der Waals surface area contributed by atoms with E-state index in [1.165, 1.54) is 5.56 Å². The molecule has 3 aromatic rings. The van der Waals surface area contributed by atoms with E-state index in [4.69, 9.17) is 0 Å². The summed E-state index contributed by atoms with van der Waals surface area (Å²) >= 11 is 0. The van der Waals surface area contributed by atoms with Gasteiger partial charge in [0.25, 0.3) is 0 Å². The molecule has 3 aromatic carbocycles. The van der Waals surface area contributed by atoms with Gasteiger partial charge in [-0.3, -0.25) is 0 Å². The van der Waals surface area contributed by atoms with Gasteiger partial charge in [0, 0.05) is 5.56 Å². The van der Waals surface area contributed by atoms with Gasteiger partial charge in [-0.05, 0) is 40.3 Å². The highest BCUT2D eigenvalue weighted by Gasteiger charge is 2.14. The summed E-state index contributed by atoms with van der Waals surface area (Å²) in [6.07, 6.45) is 0. The van der Waals surface area contributed by atoms with Crippen LogP contribution in [0.25, 0.3) is 22.3 Å². The quantitative estimate of drug-likeness (QED) is 0.641.